The fraction of sp³-hybridized carbons (Fsp3) is 0.611. The summed E-state index contributed by atoms with van der Waals surface area (Å²) in [7, 11) is 0. The molecule has 0 atom stereocenters. The minimum Gasteiger partial charge on any atom is -0.326 e. The van der Waals surface area contributed by atoms with Crippen molar-refractivity contribution in [3.8, 4) is 0 Å². The Bertz CT molecular complexity index is 451. The zero-order valence-corrected chi connectivity index (χ0v) is 15.8. The molecule has 22 heavy (non-hydrogen) atoms. The van der Waals surface area contributed by atoms with Crippen LogP contribution in [0.3, 0.4) is 0 Å². The second-order valence-corrected chi connectivity index (χ2v) is 6.98. The van der Waals surface area contributed by atoms with Crippen LogP contribution in [-0.2, 0) is 4.79 Å². The second kappa shape index (κ2) is 12.0. The van der Waals surface area contributed by atoms with E-state index in [1.807, 2.05) is 25.1 Å². The predicted molar refractivity (Wildman–Crippen MR) is 100 cm³/mol. The van der Waals surface area contributed by atoms with E-state index in [2.05, 4.69) is 21.2 Å². The van der Waals surface area contributed by atoms with Crippen molar-refractivity contribution in [2.45, 2.75) is 64.7 Å². The molecule has 0 aliphatic rings. The van der Waals surface area contributed by atoms with Gasteiger partial charge in [-0.05, 0) is 37.5 Å². The van der Waals surface area contributed by atoms with Crippen LogP contribution in [0.2, 0.25) is 5.02 Å². The lowest BCUT2D eigenvalue weighted by atomic mass is 10.1. The molecule has 0 saturated carbocycles. The molecule has 0 unspecified atom stereocenters. The summed E-state index contributed by atoms with van der Waals surface area (Å²) in [6.45, 7) is 1.95. The first-order valence-corrected chi connectivity index (χ1v) is 9.75. The number of unbranched alkanes of at least 4 members (excludes halogenated alkanes) is 7. The monoisotopic (exact) mass is 387 g/mol. The van der Waals surface area contributed by atoms with E-state index in [1.54, 1.807) is 0 Å². The molecule has 2 nitrogen and oxygen atoms in total. The Morgan fingerprint density at radius 1 is 1.05 bits per heavy atom. The average molecular weight is 389 g/mol. The van der Waals surface area contributed by atoms with E-state index in [1.165, 1.54) is 38.5 Å². The topological polar surface area (TPSA) is 29.1 Å². The summed E-state index contributed by atoms with van der Waals surface area (Å²) < 4.78 is 0. The summed E-state index contributed by atoms with van der Waals surface area (Å²) in [5.41, 5.74) is 1.81. The maximum absolute atomic E-state index is 11.9. The molecule has 124 valence electrons. The Kier molecular flexibility index (Phi) is 10.6. The van der Waals surface area contributed by atoms with Gasteiger partial charge in [0.2, 0.25) is 5.91 Å². The van der Waals surface area contributed by atoms with Crippen LogP contribution in [0.25, 0.3) is 0 Å². The number of carbonyl (C=O) groups is 1. The minimum atomic E-state index is 0.0808. The van der Waals surface area contributed by atoms with E-state index in [-0.39, 0.29) is 5.91 Å². The normalized spacial score (nSPS) is 10.7. The fourth-order valence-corrected chi connectivity index (χ4v) is 2.91. The predicted octanol–water partition coefficient (Wildman–Crippen LogP) is 6.49. The van der Waals surface area contributed by atoms with Gasteiger partial charge in [-0.1, -0.05) is 72.1 Å². The van der Waals surface area contributed by atoms with Crippen LogP contribution in [0, 0.1) is 6.92 Å². The van der Waals surface area contributed by atoms with E-state index < -0.39 is 0 Å². The first kappa shape index (κ1) is 19.5. The SMILES string of the molecule is Cc1ccc(NC(=O)CCCCCCCCCCBr)cc1Cl. The Morgan fingerprint density at radius 2 is 1.64 bits per heavy atom. The van der Waals surface area contributed by atoms with Crippen molar-refractivity contribution in [3.63, 3.8) is 0 Å². The molecule has 1 aromatic rings. The van der Waals surface area contributed by atoms with Gasteiger partial charge in [0, 0.05) is 22.5 Å². The third-order valence-corrected chi connectivity index (χ3v) is 4.71. The smallest absolute Gasteiger partial charge is 0.224 e. The van der Waals surface area contributed by atoms with Crippen LogP contribution in [0.4, 0.5) is 5.69 Å². The highest BCUT2D eigenvalue weighted by atomic mass is 79.9. The van der Waals surface area contributed by atoms with Gasteiger partial charge >= 0.3 is 0 Å². The van der Waals surface area contributed by atoms with Crippen molar-refractivity contribution in [2.24, 2.45) is 0 Å². The third-order valence-electron chi connectivity index (χ3n) is 3.74. The summed E-state index contributed by atoms with van der Waals surface area (Å²) in [6, 6.07) is 5.63. The number of carbonyl (C=O) groups excluding carboxylic acids is 1. The molecule has 0 aliphatic heterocycles. The first-order chi connectivity index (χ1) is 10.6. The van der Waals surface area contributed by atoms with E-state index in [0.717, 1.165) is 29.4 Å². The third kappa shape index (κ3) is 8.79. The van der Waals surface area contributed by atoms with Crippen molar-refractivity contribution in [1.82, 2.24) is 0 Å². The van der Waals surface area contributed by atoms with Crippen LogP contribution in [0.15, 0.2) is 18.2 Å². The number of hydrogen-bond acceptors (Lipinski definition) is 1. The Morgan fingerprint density at radius 3 is 2.23 bits per heavy atom. The van der Waals surface area contributed by atoms with Gasteiger partial charge in [0.25, 0.3) is 0 Å². The van der Waals surface area contributed by atoms with Crippen LogP contribution < -0.4 is 5.32 Å². The highest BCUT2D eigenvalue weighted by Crippen LogP contribution is 2.20. The van der Waals surface area contributed by atoms with Gasteiger partial charge in [-0.2, -0.15) is 0 Å². The van der Waals surface area contributed by atoms with Crippen molar-refractivity contribution < 1.29 is 4.79 Å². The molecule has 0 radical (unpaired) electrons. The largest absolute Gasteiger partial charge is 0.326 e. The zero-order valence-electron chi connectivity index (χ0n) is 13.5. The quantitative estimate of drug-likeness (QED) is 0.340. The maximum atomic E-state index is 11.9. The highest BCUT2D eigenvalue weighted by Gasteiger charge is 2.04. The van der Waals surface area contributed by atoms with E-state index in [4.69, 9.17) is 11.6 Å². The average Bonchev–Trinajstić information content (AvgIpc) is 2.49. The van der Waals surface area contributed by atoms with Crippen molar-refractivity contribution >= 4 is 39.1 Å². The van der Waals surface area contributed by atoms with Crippen LogP contribution >= 0.6 is 27.5 Å². The second-order valence-electron chi connectivity index (χ2n) is 5.78. The van der Waals surface area contributed by atoms with E-state index >= 15 is 0 Å². The molecule has 4 heteroatoms. The van der Waals surface area contributed by atoms with Crippen LogP contribution in [-0.4, -0.2) is 11.2 Å². The number of rotatable bonds is 11. The number of hydrogen-bond donors (Lipinski definition) is 1. The first-order valence-electron chi connectivity index (χ1n) is 8.25. The fourth-order valence-electron chi connectivity index (χ4n) is 2.33. The van der Waals surface area contributed by atoms with Crippen molar-refractivity contribution in [1.29, 1.82) is 0 Å². The lowest BCUT2D eigenvalue weighted by Gasteiger charge is -2.07. The number of amides is 1. The van der Waals surface area contributed by atoms with Crippen molar-refractivity contribution in [2.75, 3.05) is 10.6 Å². The van der Waals surface area contributed by atoms with Gasteiger partial charge in [0.15, 0.2) is 0 Å². The molecule has 0 aromatic heterocycles. The Hall–Kier alpha value is -0.540. The molecule has 0 heterocycles. The van der Waals surface area contributed by atoms with Gasteiger partial charge in [-0.25, -0.2) is 0 Å². The summed E-state index contributed by atoms with van der Waals surface area (Å²) in [5, 5.41) is 4.72. The molecule has 0 saturated heterocycles. The van der Waals surface area contributed by atoms with Gasteiger partial charge in [-0.3, -0.25) is 4.79 Å². The standard InChI is InChI=1S/C18H27BrClNO/c1-15-11-12-16(14-17(15)20)21-18(22)10-8-6-4-2-3-5-7-9-13-19/h11-12,14H,2-10,13H2,1H3,(H,21,22). The van der Waals surface area contributed by atoms with Gasteiger partial charge in [0.05, 0.1) is 0 Å². The lowest BCUT2D eigenvalue weighted by Crippen LogP contribution is -2.11. The number of anilines is 1. The molecular weight excluding hydrogens is 362 g/mol. The minimum absolute atomic E-state index is 0.0808. The number of nitrogens with one attached hydrogen (secondary N) is 1. The molecule has 0 aliphatic carbocycles. The molecule has 0 spiro atoms. The number of halogens is 2. The summed E-state index contributed by atoms with van der Waals surface area (Å²) in [4.78, 5) is 11.9. The maximum Gasteiger partial charge on any atom is 0.224 e. The lowest BCUT2D eigenvalue weighted by molar-refractivity contribution is -0.116. The van der Waals surface area contributed by atoms with Crippen LogP contribution in [0.5, 0.6) is 0 Å². The summed E-state index contributed by atoms with van der Waals surface area (Å²) in [6.07, 6.45) is 10.5. The van der Waals surface area contributed by atoms with Gasteiger partial charge in [-0.15, -0.1) is 0 Å². The number of alkyl halides is 1. The summed E-state index contributed by atoms with van der Waals surface area (Å²) >= 11 is 9.50. The summed E-state index contributed by atoms with van der Waals surface area (Å²) in [5.74, 6) is 0.0808. The molecule has 1 N–H and O–H groups in total. The molecule has 0 fully saturated rings. The molecule has 0 bridgehead atoms. The van der Waals surface area contributed by atoms with Crippen molar-refractivity contribution in [3.05, 3.63) is 28.8 Å². The Labute approximate surface area is 148 Å². The highest BCUT2D eigenvalue weighted by molar-refractivity contribution is 9.09. The molecule has 1 rings (SSSR count). The van der Waals surface area contributed by atoms with E-state index in [0.29, 0.717) is 11.4 Å². The molecular formula is C18H27BrClNO. The number of aryl methyl sites for hydroxylation is 1. The number of benzene rings is 1. The van der Waals surface area contributed by atoms with E-state index in [9.17, 15) is 4.79 Å². The zero-order chi connectivity index (χ0) is 16.2. The molecule has 1 amide bonds. The van der Waals surface area contributed by atoms with Gasteiger partial charge < -0.3 is 5.32 Å². The molecule has 1 aromatic carbocycles. The van der Waals surface area contributed by atoms with Gasteiger partial charge in [0.1, 0.15) is 0 Å². The Balaban J connectivity index is 2.05. The van der Waals surface area contributed by atoms with Crippen LogP contribution in [0.1, 0.15) is 63.4 Å².